The van der Waals surface area contributed by atoms with Gasteiger partial charge in [0.2, 0.25) is 5.88 Å². The van der Waals surface area contributed by atoms with Crippen LogP contribution in [-0.2, 0) is 6.54 Å². The highest BCUT2D eigenvalue weighted by atomic mass is 19.3. The Morgan fingerprint density at radius 1 is 1.29 bits per heavy atom. The van der Waals surface area contributed by atoms with E-state index >= 15 is 0 Å². The summed E-state index contributed by atoms with van der Waals surface area (Å²) in [5, 5.41) is 2.92. The predicted octanol–water partition coefficient (Wildman–Crippen LogP) is 2.66. The number of pyridine rings is 1. The zero-order valence-electron chi connectivity index (χ0n) is 13.1. The molecule has 0 bridgehead atoms. The van der Waals surface area contributed by atoms with Gasteiger partial charge in [-0.2, -0.15) is 0 Å². The number of nitrogens with one attached hydrogen (secondary N) is 1. The first kappa shape index (κ1) is 17.5. The smallest absolute Gasteiger partial charge is 0.272 e. The minimum atomic E-state index is -2.56. The maximum atomic E-state index is 12.2. The van der Waals surface area contributed by atoms with E-state index in [2.05, 4.69) is 15.3 Å². The molecule has 3 N–H and O–H groups in total. The fourth-order valence-corrected chi connectivity index (χ4v) is 1.85. The van der Waals surface area contributed by atoms with Gasteiger partial charge in [-0.25, -0.2) is 18.8 Å². The number of nitrogens with two attached hydrogens (primary N) is 1. The monoisotopic (exact) mass is 336 g/mol. The van der Waals surface area contributed by atoms with Crippen molar-refractivity contribution in [2.75, 3.05) is 19.0 Å². The van der Waals surface area contributed by atoms with Crippen LogP contribution >= 0.6 is 0 Å². The second-order valence-corrected chi connectivity index (χ2v) is 4.72. The fraction of sp³-hybridized carbons (Fsp3) is 0.250. The molecule has 0 saturated carbocycles. The first-order chi connectivity index (χ1) is 11.6. The number of nitrogens with zero attached hydrogens (tertiary/aromatic N) is 2. The molecule has 6 nitrogen and oxygen atoms in total. The van der Waals surface area contributed by atoms with Crippen LogP contribution in [0.3, 0.4) is 0 Å². The SMILES string of the molecule is COc1ccc(NC(N)=NCc2cccnc2OCC(F)F)cc1. The first-order valence-corrected chi connectivity index (χ1v) is 7.14. The lowest BCUT2D eigenvalue weighted by molar-refractivity contribution is 0.0791. The minimum Gasteiger partial charge on any atom is -0.497 e. The highest BCUT2D eigenvalue weighted by Crippen LogP contribution is 2.17. The van der Waals surface area contributed by atoms with Crippen LogP contribution in [-0.4, -0.2) is 31.1 Å². The topological polar surface area (TPSA) is 81.8 Å². The number of hydrogen-bond donors (Lipinski definition) is 2. The van der Waals surface area contributed by atoms with E-state index in [0.717, 1.165) is 11.4 Å². The number of hydrogen-bond acceptors (Lipinski definition) is 4. The number of halogens is 2. The van der Waals surface area contributed by atoms with E-state index in [-0.39, 0.29) is 18.4 Å². The lowest BCUT2D eigenvalue weighted by atomic mass is 10.3. The molecule has 0 aliphatic heterocycles. The Labute approximate surface area is 138 Å². The number of ether oxygens (including phenoxy) is 2. The summed E-state index contributed by atoms with van der Waals surface area (Å²) in [5.41, 5.74) is 7.14. The Balaban J connectivity index is 1.98. The summed E-state index contributed by atoms with van der Waals surface area (Å²) in [6.45, 7) is -0.561. The van der Waals surface area contributed by atoms with Gasteiger partial charge in [-0.1, -0.05) is 6.07 Å². The van der Waals surface area contributed by atoms with Gasteiger partial charge in [0.1, 0.15) is 5.75 Å². The van der Waals surface area contributed by atoms with Crippen molar-refractivity contribution in [2.24, 2.45) is 10.7 Å². The number of aliphatic imine (C=N–C) groups is 1. The van der Waals surface area contributed by atoms with Gasteiger partial charge in [0.25, 0.3) is 6.43 Å². The van der Waals surface area contributed by atoms with Gasteiger partial charge in [0.05, 0.1) is 13.7 Å². The van der Waals surface area contributed by atoms with Gasteiger partial charge in [0.15, 0.2) is 12.6 Å². The summed E-state index contributed by atoms with van der Waals surface area (Å²) in [6, 6.07) is 10.5. The number of rotatable bonds is 7. The average molecular weight is 336 g/mol. The molecule has 0 amide bonds. The molecule has 1 aromatic carbocycles. The van der Waals surface area contributed by atoms with Crippen LogP contribution in [0, 0.1) is 0 Å². The van der Waals surface area contributed by atoms with E-state index in [1.807, 2.05) is 0 Å². The molecule has 2 aromatic rings. The molecule has 128 valence electrons. The Hall–Kier alpha value is -2.90. The fourth-order valence-electron chi connectivity index (χ4n) is 1.85. The number of benzene rings is 1. The molecule has 0 fully saturated rings. The van der Waals surface area contributed by atoms with Gasteiger partial charge in [-0.05, 0) is 30.3 Å². The molecule has 1 aromatic heterocycles. The largest absolute Gasteiger partial charge is 0.497 e. The molecule has 8 heteroatoms. The maximum Gasteiger partial charge on any atom is 0.272 e. The third-order valence-electron chi connectivity index (χ3n) is 2.98. The first-order valence-electron chi connectivity index (χ1n) is 7.14. The molecule has 0 aliphatic rings. The van der Waals surface area contributed by atoms with Crippen LogP contribution in [0.25, 0.3) is 0 Å². The van der Waals surface area contributed by atoms with Crippen molar-refractivity contribution in [1.29, 1.82) is 0 Å². The Kier molecular flexibility index (Phi) is 6.30. The molecule has 2 rings (SSSR count). The Morgan fingerprint density at radius 3 is 2.71 bits per heavy atom. The second-order valence-electron chi connectivity index (χ2n) is 4.72. The molecule has 24 heavy (non-hydrogen) atoms. The maximum absolute atomic E-state index is 12.2. The van der Waals surface area contributed by atoms with Crippen molar-refractivity contribution in [3.05, 3.63) is 48.2 Å². The van der Waals surface area contributed by atoms with E-state index < -0.39 is 13.0 Å². The van der Waals surface area contributed by atoms with Gasteiger partial charge < -0.3 is 20.5 Å². The van der Waals surface area contributed by atoms with Crippen molar-refractivity contribution in [2.45, 2.75) is 13.0 Å². The molecular weight excluding hydrogens is 318 g/mol. The van der Waals surface area contributed by atoms with Crippen LogP contribution in [0.1, 0.15) is 5.56 Å². The molecule has 0 radical (unpaired) electrons. The molecular formula is C16H18F2N4O2. The quantitative estimate of drug-likeness (QED) is 0.600. The highest BCUT2D eigenvalue weighted by molar-refractivity contribution is 5.92. The lowest BCUT2D eigenvalue weighted by Gasteiger charge is -2.09. The van der Waals surface area contributed by atoms with Crippen LogP contribution in [0.15, 0.2) is 47.6 Å². The standard InChI is InChI=1S/C16H18F2N4O2/c1-23-13-6-4-12(5-7-13)22-16(19)21-9-11-3-2-8-20-15(11)24-10-14(17)18/h2-8,14H,9-10H2,1H3,(H3,19,21,22). The van der Waals surface area contributed by atoms with Gasteiger partial charge in [-0.3, -0.25) is 0 Å². The normalized spacial score (nSPS) is 11.4. The number of anilines is 1. The number of alkyl halides is 2. The van der Waals surface area contributed by atoms with Crippen LogP contribution in [0.5, 0.6) is 11.6 Å². The molecule has 0 atom stereocenters. The summed E-state index contributed by atoms with van der Waals surface area (Å²) in [7, 11) is 1.58. The number of methoxy groups -OCH3 is 1. The Bertz CT molecular complexity index is 678. The van der Waals surface area contributed by atoms with Gasteiger partial charge in [-0.15, -0.1) is 0 Å². The van der Waals surface area contributed by atoms with Crippen LogP contribution in [0.4, 0.5) is 14.5 Å². The predicted molar refractivity (Wildman–Crippen MR) is 87.7 cm³/mol. The molecule has 0 spiro atoms. The van der Waals surface area contributed by atoms with E-state index in [9.17, 15) is 8.78 Å². The summed E-state index contributed by atoms with van der Waals surface area (Å²) in [5.74, 6) is 1.04. The molecule has 1 heterocycles. The van der Waals surface area contributed by atoms with Crippen molar-refractivity contribution in [3.8, 4) is 11.6 Å². The number of aromatic nitrogens is 1. The highest BCUT2D eigenvalue weighted by Gasteiger charge is 2.08. The van der Waals surface area contributed by atoms with E-state index in [1.165, 1.54) is 6.20 Å². The summed E-state index contributed by atoms with van der Waals surface area (Å²) >= 11 is 0. The second kappa shape index (κ2) is 8.66. The van der Waals surface area contributed by atoms with Crippen molar-refractivity contribution >= 4 is 11.6 Å². The zero-order valence-corrected chi connectivity index (χ0v) is 13.1. The van der Waals surface area contributed by atoms with Crippen molar-refractivity contribution < 1.29 is 18.3 Å². The summed E-state index contributed by atoms with van der Waals surface area (Å²) in [6.07, 6.45) is -1.10. The van der Waals surface area contributed by atoms with Crippen LogP contribution in [0.2, 0.25) is 0 Å². The van der Waals surface area contributed by atoms with Crippen LogP contribution < -0.4 is 20.5 Å². The van der Waals surface area contributed by atoms with Crippen molar-refractivity contribution in [1.82, 2.24) is 4.98 Å². The lowest BCUT2D eigenvalue weighted by Crippen LogP contribution is -2.22. The van der Waals surface area contributed by atoms with E-state index in [4.69, 9.17) is 15.2 Å². The molecule has 0 unspecified atom stereocenters. The molecule has 0 aliphatic carbocycles. The van der Waals surface area contributed by atoms with E-state index in [0.29, 0.717) is 5.56 Å². The van der Waals surface area contributed by atoms with Gasteiger partial charge in [0, 0.05) is 17.4 Å². The number of guanidine groups is 1. The summed E-state index contributed by atoms with van der Waals surface area (Å²) in [4.78, 5) is 8.10. The van der Waals surface area contributed by atoms with Crippen molar-refractivity contribution in [3.63, 3.8) is 0 Å². The summed E-state index contributed by atoms with van der Waals surface area (Å²) < 4.78 is 34.5. The zero-order chi connectivity index (χ0) is 17.4. The third kappa shape index (κ3) is 5.38. The van der Waals surface area contributed by atoms with E-state index in [1.54, 1.807) is 43.5 Å². The Morgan fingerprint density at radius 2 is 2.04 bits per heavy atom. The molecule has 0 saturated heterocycles. The third-order valence-corrected chi connectivity index (χ3v) is 2.98. The average Bonchev–Trinajstić information content (AvgIpc) is 2.59. The van der Waals surface area contributed by atoms with Gasteiger partial charge >= 0.3 is 0 Å². The minimum absolute atomic E-state index is 0.124.